The van der Waals surface area contributed by atoms with Crippen LogP contribution in [0.3, 0.4) is 0 Å². The molecular weight excluding hydrogens is 530 g/mol. The van der Waals surface area contributed by atoms with Gasteiger partial charge >= 0.3 is 0 Å². The minimum absolute atomic E-state index is 0.0388. The molecule has 3 aromatic carbocycles. The fourth-order valence-corrected chi connectivity index (χ4v) is 5.67. The molecule has 0 radical (unpaired) electrons. The summed E-state index contributed by atoms with van der Waals surface area (Å²) in [6, 6.07) is 20.7. The Hall–Kier alpha value is -4.05. The Morgan fingerprint density at radius 2 is 1.52 bits per heavy atom. The molecule has 0 aromatic heterocycles. The van der Waals surface area contributed by atoms with Gasteiger partial charge in [0.25, 0.3) is 10.0 Å². The van der Waals surface area contributed by atoms with E-state index in [1.54, 1.807) is 61.7 Å². The van der Waals surface area contributed by atoms with E-state index in [9.17, 15) is 18.0 Å². The quantitative estimate of drug-likeness (QED) is 0.332. The second-order valence-corrected chi connectivity index (χ2v) is 11.3. The molecule has 1 N–H and O–H groups in total. The highest BCUT2D eigenvalue weighted by molar-refractivity contribution is 7.92. The van der Waals surface area contributed by atoms with Gasteiger partial charge in [0.2, 0.25) is 11.8 Å². The summed E-state index contributed by atoms with van der Waals surface area (Å²) in [5.41, 5.74) is 1.03. The number of hydrogen-bond acceptors (Lipinski definition) is 6. The molecule has 40 heavy (non-hydrogen) atoms. The first-order chi connectivity index (χ1) is 19.1. The molecule has 3 aromatic rings. The first-order valence-corrected chi connectivity index (χ1v) is 14.5. The average Bonchev–Trinajstić information content (AvgIpc) is 2.96. The number of ether oxygens (including phenoxy) is 2. The molecule has 0 saturated heterocycles. The number of nitrogens with zero attached hydrogens (tertiary/aromatic N) is 2. The highest BCUT2D eigenvalue weighted by atomic mass is 32.2. The zero-order valence-electron chi connectivity index (χ0n) is 23.5. The van der Waals surface area contributed by atoms with Crippen molar-refractivity contribution in [1.29, 1.82) is 0 Å². The molecule has 0 aliphatic heterocycles. The summed E-state index contributed by atoms with van der Waals surface area (Å²) in [7, 11) is -1.10. The summed E-state index contributed by atoms with van der Waals surface area (Å²) < 4.78 is 39.3. The number of carbonyl (C=O) groups excluding carboxylic acids is 2. The third-order valence-corrected chi connectivity index (χ3v) is 8.07. The molecule has 0 aliphatic rings. The van der Waals surface area contributed by atoms with Crippen LogP contribution in [0.2, 0.25) is 0 Å². The van der Waals surface area contributed by atoms with Crippen LogP contribution in [-0.4, -0.2) is 58.0 Å². The SMILES string of the molecule is CCC(C(=O)NC(C)C)N(Cc1ccc(OC)cc1)C(=O)CN(c1cccc(OC)c1)S(=O)(=O)c1ccccc1. The van der Waals surface area contributed by atoms with Crippen LogP contribution >= 0.6 is 0 Å². The summed E-state index contributed by atoms with van der Waals surface area (Å²) in [5.74, 6) is 0.266. The number of benzene rings is 3. The van der Waals surface area contributed by atoms with Gasteiger partial charge in [0.15, 0.2) is 0 Å². The average molecular weight is 568 g/mol. The Kier molecular flexibility index (Phi) is 10.6. The molecule has 0 aliphatic carbocycles. The molecular formula is C30H37N3O6S. The molecule has 3 rings (SSSR count). The van der Waals surface area contributed by atoms with Crippen LogP contribution in [0.15, 0.2) is 83.8 Å². The van der Waals surface area contributed by atoms with Crippen molar-refractivity contribution in [2.24, 2.45) is 0 Å². The summed E-state index contributed by atoms with van der Waals surface area (Å²) in [6.45, 7) is 5.09. The lowest BCUT2D eigenvalue weighted by molar-refractivity contribution is -0.140. The zero-order valence-corrected chi connectivity index (χ0v) is 24.4. The van der Waals surface area contributed by atoms with Crippen LogP contribution in [-0.2, 0) is 26.2 Å². The standard InChI is InChI=1S/C30H37N3O6S/c1-6-28(30(35)31-22(2)3)32(20-23-15-17-25(38-4)18-16-23)29(34)21-33(24-11-10-12-26(19-24)39-5)40(36,37)27-13-8-7-9-14-27/h7-19,22,28H,6,20-21H2,1-5H3,(H,31,35). The van der Waals surface area contributed by atoms with E-state index in [2.05, 4.69) is 5.32 Å². The van der Waals surface area contributed by atoms with Gasteiger partial charge in [-0.25, -0.2) is 8.42 Å². The highest BCUT2D eigenvalue weighted by Gasteiger charge is 2.34. The third kappa shape index (κ3) is 7.53. The van der Waals surface area contributed by atoms with Crippen molar-refractivity contribution in [3.63, 3.8) is 0 Å². The third-order valence-electron chi connectivity index (χ3n) is 6.28. The molecule has 2 amide bonds. The van der Waals surface area contributed by atoms with E-state index < -0.39 is 28.5 Å². The topological polar surface area (TPSA) is 105 Å². The summed E-state index contributed by atoms with van der Waals surface area (Å²) in [5, 5.41) is 2.89. The largest absolute Gasteiger partial charge is 0.497 e. The minimum atomic E-state index is -4.15. The molecule has 214 valence electrons. The molecule has 1 atom stereocenters. The Bertz CT molecular complexity index is 1380. The van der Waals surface area contributed by atoms with Crippen LogP contribution in [0.5, 0.6) is 11.5 Å². The van der Waals surface area contributed by atoms with Crippen molar-refractivity contribution in [3.05, 3.63) is 84.4 Å². The van der Waals surface area contributed by atoms with Crippen LogP contribution in [0.4, 0.5) is 5.69 Å². The van der Waals surface area contributed by atoms with Gasteiger partial charge < -0.3 is 19.7 Å². The predicted octanol–water partition coefficient (Wildman–Crippen LogP) is 4.23. The second kappa shape index (κ2) is 13.8. The predicted molar refractivity (Wildman–Crippen MR) is 155 cm³/mol. The number of amides is 2. The van der Waals surface area contributed by atoms with Crippen molar-refractivity contribution in [3.8, 4) is 11.5 Å². The monoisotopic (exact) mass is 567 g/mol. The molecule has 0 spiro atoms. The van der Waals surface area contributed by atoms with E-state index >= 15 is 0 Å². The minimum Gasteiger partial charge on any atom is -0.497 e. The first kappa shape index (κ1) is 30.5. The van der Waals surface area contributed by atoms with Gasteiger partial charge in [-0.15, -0.1) is 0 Å². The highest BCUT2D eigenvalue weighted by Crippen LogP contribution is 2.28. The van der Waals surface area contributed by atoms with Gasteiger partial charge in [0.05, 0.1) is 24.8 Å². The Balaban J connectivity index is 2.06. The Morgan fingerprint density at radius 1 is 0.875 bits per heavy atom. The van der Waals surface area contributed by atoms with Crippen LogP contribution in [0.1, 0.15) is 32.8 Å². The van der Waals surface area contributed by atoms with Crippen LogP contribution in [0, 0.1) is 0 Å². The van der Waals surface area contributed by atoms with Gasteiger partial charge in [0.1, 0.15) is 24.1 Å². The summed E-state index contributed by atoms with van der Waals surface area (Å²) in [4.78, 5) is 28.7. The maximum absolute atomic E-state index is 14.1. The van der Waals surface area contributed by atoms with Crippen molar-refractivity contribution in [1.82, 2.24) is 10.2 Å². The summed E-state index contributed by atoms with van der Waals surface area (Å²) in [6.07, 6.45) is 0.338. The van der Waals surface area contributed by atoms with Gasteiger partial charge in [0, 0.05) is 18.7 Å². The molecule has 0 fully saturated rings. The van der Waals surface area contributed by atoms with E-state index in [4.69, 9.17) is 9.47 Å². The first-order valence-electron chi connectivity index (χ1n) is 13.0. The number of nitrogens with one attached hydrogen (secondary N) is 1. The van der Waals surface area contributed by atoms with Crippen molar-refractivity contribution in [2.45, 2.75) is 50.7 Å². The van der Waals surface area contributed by atoms with E-state index in [0.29, 0.717) is 17.9 Å². The number of hydrogen-bond donors (Lipinski definition) is 1. The van der Waals surface area contributed by atoms with E-state index in [1.807, 2.05) is 32.9 Å². The lowest BCUT2D eigenvalue weighted by Gasteiger charge is -2.33. The number of carbonyl (C=O) groups is 2. The number of rotatable bonds is 13. The van der Waals surface area contributed by atoms with E-state index in [-0.39, 0.29) is 29.1 Å². The normalized spacial score (nSPS) is 11.9. The number of methoxy groups -OCH3 is 2. The van der Waals surface area contributed by atoms with Crippen LogP contribution in [0.25, 0.3) is 0 Å². The molecule has 9 nitrogen and oxygen atoms in total. The van der Waals surface area contributed by atoms with Crippen molar-refractivity contribution < 1.29 is 27.5 Å². The lowest BCUT2D eigenvalue weighted by Crippen LogP contribution is -2.53. The fourth-order valence-electron chi connectivity index (χ4n) is 4.24. The number of sulfonamides is 1. The maximum atomic E-state index is 14.1. The zero-order chi connectivity index (χ0) is 29.3. The van der Waals surface area contributed by atoms with Gasteiger partial charge in [-0.05, 0) is 62.2 Å². The summed E-state index contributed by atoms with van der Waals surface area (Å²) >= 11 is 0. The molecule has 0 saturated carbocycles. The number of anilines is 1. The fraction of sp³-hybridized carbons (Fsp3) is 0.333. The van der Waals surface area contributed by atoms with Crippen molar-refractivity contribution >= 4 is 27.5 Å². The van der Waals surface area contributed by atoms with E-state index in [0.717, 1.165) is 9.87 Å². The van der Waals surface area contributed by atoms with Crippen molar-refractivity contribution in [2.75, 3.05) is 25.1 Å². The molecule has 0 heterocycles. The second-order valence-electron chi connectivity index (χ2n) is 9.48. The van der Waals surface area contributed by atoms with Gasteiger partial charge in [-0.3, -0.25) is 13.9 Å². The lowest BCUT2D eigenvalue weighted by atomic mass is 10.1. The molecule has 0 bridgehead atoms. The molecule has 1 unspecified atom stereocenters. The smallest absolute Gasteiger partial charge is 0.264 e. The van der Waals surface area contributed by atoms with Gasteiger partial charge in [-0.2, -0.15) is 0 Å². The maximum Gasteiger partial charge on any atom is 0.264 e. The molecule has 10 heteroatoms. The Labute approximate surface area is 236 Å². The van der Waals surface area contributed by atoms with E-state index in [1.165, 1.54) is 24.1 Å². The van der Waals surface area contributed by atoms with Crippen LogP contribution < -0.4 is 19.1 Å². The Morgan fingerprint density at radius 3 is 2.10 bits per heavy atom. The van der Waals surface area contributed by atoms with Gasteiger partial charge in [-0.1, -0.05) is 43.3 Å².